The van der Waals surface area contributed by atoms with Crippen LogP contribution in [0.25, 0.3) is 27.8 Å². The molecule has 0 aliphatic carbocycles. The Morgan fingerprint density at radius 1 is 0.902 bits per heavy atom. The number of nitrogens with zero attached hydrogens (tertiary/aromatic N) is 7. The number of anilines is 2. The van der Waals surface area contributed by atoms with Gasteiger partial charge in [0.15, 0.2) is 0 Å². The largest absolute Gasteiger partial charge is 0.370 e. The molecular weight excluding hydrogens is 510 g/mol. The molecule has 1 spiro atoms. The van der Waals surface area contributed by atoms with Crippen molar-refractivity contribution in [3.05, 3.63) is 85.2 Å². The van der Waals surface area contributed by atoms with E-state index in [2.05, 4.69) is 94.1 Å². The van der Waals surface area contributed by atoms with Crippen LogP contribution < -0.4 is 9.80 Å². The molecule has 0 bridgehead atoms. The number of nitriles is 1. The number of likely N-dealkylation sites (N-methyl/N-ethyl adjacent to an activating group) is 1. The van der Waals surface area contributed by atoms with Gasteiger partial charge in [0.1, 0.15) is 6.07 Å². The Bertz CT molecular complexity index is 1660. The van der Waals surface area contributed by atoms with Crippen molar-refractivity contribution in [2.45, 2.75) is 0 Å². The second-order valence-corrected chi connectivity index (χ2v) is 11.7. The van der Waals surface area contributed by atoms with Gasteiger partial charge in [-0.15, -0.1) is 0 Å². The van der Waals surface area contributed by atoms with Crippen LogP contribution in [0.2, 0.25) is 0 Å². The number of carbonyl (C=O) groups excluding carboxylic acids is 1. The molecule has 2 aromatic heterocycles. The number of benzene rings is 2. The number of carbonyl (C=O) groups is 1. The first-order valence-corrected chi connectivity index (χ1v) is 14.2. The smallest absolute Gasteiger partial charge is 0.245 e. The highest BCUT2D eigenvalue weighted by Gasteiger charge is 2.52. The maximum atomic E-state index is 11.8. The summed E-state index contributed by atoms with van der Waals surface area (Å²) in [5.74, 6) is 0.0227. The molecule has 3 aliphatic heterocycles. The van der Waals surface area contributed by atoms with Gasteiger partial charge in [-0.1, -0.05) is 30.8 Å². The zero-order chi connectivity index (χ0) is 28.1. The fourth-order valence-electron chi connectivity index (χ4n) is 6.56. The lowest BCUT2D eigenvalue weighted by Gasteiger charge is -2.60. The lowest BCUT2D eigenvalue weighted by molar-refractivity contribution is -0.139. The first-order chi connectivity index (χ1) is 19.9. The Kier molecular flexibility index (Phi) is 6.06. The van der Waals surface area contributed by atoms with E-state index in [1.54, 1.807) is 6.20 Å². The van der Waals surface area contributed by atoms with Crippen molar-refractivity contribution in [2.75, 3.05) is 69.2 Å². The van der Waals surface area contributed by atoms with E-state index in [0.29, 0.717) is 5.56 Å². The van der Waals surface area contributed by atoms with Crippen LogP contribution in [-0.4, -0.2) is 84.7 Å². The van der Waals surface area contributed by atoms with Gasteiger partial charge in [0.05, 0.1) is 17.3 Å². The highest BCUT2D eigenvalue weighted by Crippen LogP contribution is 2.42. The molecule has 0 N–H and O–H groups in total. The molecule has 3 fully saturated rings. The van der Waals surface area contributed by atoms with E-state index < -0.39 is 0 Å². The third-order valence-corrected chi connectivity index (χ3v) is 8.94. The van der Waals surface area contributed by atoms with E-state index in [-0.39, 0.29) is 11.3 Å². The van der Waals surface area contributed by atoms with Crippen LogP contribution in [0.1, 0.15) is 5.56 Å². The number of pyridine rings is 1. The zero-order valence-electron chi connectivity index (χ0n) is 23.3. The molecule has 2 aromatic carbocycles. The molecule has 5 heterocycles. The second kappa shape index (κ2) is 9.79. The third-order valence-electron chi connectivity index (χ3n) is 8.94. The Labute approximate surface area is 240 Å². The number of amides is 1. The van der Waals surface area contributed by atoms with E-state index in [1.165, 1.54) is 17.5 Å². The number of piperazine rings is 1. The number of hydrogen-bond donors (Lipinski definition) is 0. The van der Waals surface area contributed by atoms with Gasteiger partial charge in [-0.2, -0.15) is 10.4 Å². The summed E-state index contributed by atoms with van der Waals surface area (Å²) in [7, 11) is 2.17. The molecule has 0 radical (unpaired) electrons. The molecule has 7 rings (SSSR count). The van der Waals surface area contributed by atoms with Gasteiger partial charge in [-0.05, 0) is 54.6 Å². The van der Waals surface area contributed by atoms with Gasteiger partial charge in [0.2, 0.25) is 5.91 Å². The Hall–Kier alpha value is -4.61. The minimum absolute atomic E-state index is 0.0227. The molecule has 206 valence electrons. The lowest BCUT2D eigenvalue weighted by atomic mass is 9.72. The van der Waals surface area contributed by atoms with Crippen LogP contribution in [0.4, 0.5) is 11.4 Å². The lowest BCUT2D eigenvalue weighted by Crippen LogP contribution is -2.73. The van der Waals surface area contributed by atoms with Gasteiger partial charge in [-0.3, -0.25) is 4.79 Å². The molecular formula is C33H33N7O. The van der Waals surface area contributed by atoms with Gasteiger partial charge in [-0.25, -0.2) is 4.52 Å². The third kappa shape index (κ3) is 4.43. The topological polar surface area (TPSA) is 71.1 Å². The zero-order valence-corrected chi connectivity index (χ0v) is 23.3. The molecule has 8 nitrogen and oxygen atoms in total. The summed E-state index contributed by atoms with van der Waals surface area (Å²) in [6, 6.07) is 21.9. The van der Waals surface area contributed by atoms with Crippen molar-refractivity contribution < 1.29 is 4.79 Å². The van der Waals surface area contributed by atoms with Crippen LogP contribution in [0.3, 0.4) is 0 Å². The maximum Gasteiger partial charge on any atom is 0.245 e. The van der Waals surface area contributed by atoms with Crippen molar-refractivity contribution in [1.29, 1.82) is 5.26 Å². The number of rotatable bonds is 5. The van der Waals surface area contributed by atoms with Crippen molar-refractivity contribution in [3.63, 3.8) is 0 Å². The van der Waals surface area contributed by atoms with Crippen LogP contribution in [0.15, 0.2) is 79.6 Å². The van der Waals surface area contributed by atoms with Crippen molar-refractivity contribution >= 4 is 22.8 Å². The summed E-state index contributed by atoms with van der Waals surface area (Å²) in [6.07, 6.45) is 5.05. The fraction of sp³-hybridized carbons (Fsp3) is 0.303. The Morgan fingerprint density at radius 2 is 1.54 bits per heavy atom. The van der Waals surface area contributed by atoms with Gasteiger partial charge >= 0.3 is 0 Å². The molecule has 1 amide bonds. The molecule has 0 atom stereocenters. The number of likely N-dealkylation sites (tertiary alicyclic amines) is 1. The van der Waals surface area contributed by atoms with Gasteiger partial charge < -0.3 is 19.6 Å². The van der Waals surface area contributed by atoms with Gasteiger partial charge in [0.25, 0.3) is 0 Å². The number of aromatic nitrogens is 2. The first kappa shape index (κ1) is 25.4. The fourth-order valence-corrected chi connectivity index (χ4v) is 6.56. The van der Waals surface area contributed by atoms with Gasteiger partial charge in [0, 0.05) is 86.5 Å². The molecule has 3 aliphatic rings. The van der Waals surface area contributed by atoms with Crippen molar-refractivity contribution in [3.8, 4) is 28.3 Å². The second-order valence-electron chi connectivity index (χ2n) is 11.7. The predicted octanol–water partition coefficient (Wildman–Crippen LogP) is 4.13. The average Bonchev–Trinajstić information content (AvgIpc) is 3.39. The summed E-state index contributed by atoms with van der Waals surface area (Å²) in [6.45, 7) is 11.4. The monoisotopic (exact) mass is 543 g/mol. The standard InChI is InChI=1S/C33H33N7O/c1-3-31(41)39-22-33(23-39)20-38(21-33)29-10-6-25(7-11-29)30-16-26(19-40-32(30)27(17-34)18-35-40)24-4-8-28(9-5-24)37-14-12-36(2)13-15-37/h3-11,16,18-19H,1,12-15,20-23H2,2H3. The minimum Gasteiger partial charge on any atom is -0.370 e. The SMILES string of the molecule is C=CC(=O)N1CC2(C1)CN(c1ccc(-c3cc(-c4ccc(N5CCN(C)CC5)cc4)cn4ncc(C#N)c34)cc1)C2. The quantitative estimate of drug-likeness (QED) is 0.353. The normalized spacial score (nSPS) is 18.2. The Balaban J connectivity index is 1.14. The van der Waals surface area contributed by atoms with Crippen LogP contribution >= 0.6 is 0 Å². The molecule has 0 saturated carbocycles. The van der Waals surface area contributed by atoms with E-state index in [1.807, 2.05) is 15.6 Å². The summed E-state index contributed by atoms with van der Waals surface area (Å²) in [4.78, 5) is 20.9. The van der Waals surface area contributed by atoms with Crippen molar-refractivity contribution in [2.24, 2.45) is 5.41 Å². The maximum absolute atomic E-state index is 11.8. The highest BCUT2D eigenvalue weighted by atomic mass is 16.2. The summed E-state index contributed by atoms with van der Waals surface area (Å²) in [5.41, 5.74) is 8.24. The predicted molar refractivity (Wildman–Crippen MR) is 162 cm³/mol. The highest BCUT2D eigenvalue weighted by molar-refractivity contribution is 5.89. The number of hydrogen-bond acceptors (Lipinski definition) is 6. The number of fused-ring (bicyclic) bond motifs is 1. The summed E-state index contributed by atoms with van der Waals surface area (Å²) < 4.78 is 1.83. The van der Waals surface area contributed by atoms with Crippen molar-refractivity contribution in [1.82, 2.24) is 19.4 Å². The van der Waals surface area contributed by atoms with E-state index in [0.717, 1.165) is 80.1 Å². The van der Waals surface area contributed by atoms with Crippen LogP contribution in [-0.2, 0) is 4.79 Å². The average molecular weight is 544 g/mol. The minimum atomic E-state index is 0.0227. The van der Waals surface area contributed by atoms with Crippen LogP contribution in [0, 0.1) is 16.7 Å². The molecule has 0 unspecified atom stereocenters. The molecule has 3 saturated heterocycles. The molecule has 8 heteroatoms. The Morgan fingerprint density at radius 3 is 2.17 bits per heavy atom. The first-order valence-electron chi connectivity index (χ1n) is 14.2. The summed E-state index contributed by atoms with van der Waals surface area (Å²) in [5, 5.41) is 14.3. The molecule has 41 heavy (non-hydrogen) atoms. The van der Waals surface area contributed by atoms with E-state index >= 15 is 0 Å². The van der Waals surface area contributed by atoms with E-state index in [9.17, 15) is 10.1 Å². The summed E-state index contributed by atoms with van der Waals surface area (Å²) >= 11 is 0. The van der Waals surface area contributed by atoms with Crippen LogP contribution in [0.5, 0.6) is 0 Å². The van der Waals surface area contributed by atoms with E-state index in [4.69, 9.17) is 0 Å². The molecule has 4 aromatic rings.